The molecule has 0 radical (unpaired) electrons. The summed E-state index contributed by atoms with van der Waals surface area (Å²) in [5.41, 5.74) is 8.06. The van der Waals surface area contributed by atoms with Crippen molar-refractivity contribution in [2.24, 2.45) is 0 Å². The lowest BCUT2D eigenvalue weighted by Gasteiger charge is -2.26. The van der Waals surface area contributed by atoms with E-state index in [-0.39, 0.29) is 23.2 Å². The third-order valence-electron chi connectivity index (χ3n) is 5.26. The number of imidazole rings is 1. The minimum atomic E-state index is -4.77. The summed E-state index contributed by atoms with van der Waals surface area (Å²) >= 11 is 0. The van der Waals surface area contributed by atoms with Gasteiger partial charge in [0.2, 0.25) is 11.9 Å². The minimum absolute atomic E-state index is 0.0977. The van der Waals surface area contributed by atoms with Crippen LogP contribution < -0.4 is 21.1 Å². The number of aromatic nitrogens is 4. The number of halogens is 3. The summed E-state index contributed by atoms with van der Waals surface area (Å²) in [6.45, 7) is 7.73. The van der Waals surface area contributed by atoms with Crippen molar-refractivity contribution in [2.75, 3.05) is 24.1 Å². The molecule has 0 spiro atoms. The van der Waals surface area contributed by atoms with Gasteiger partial charge in [0.25, 0.3) is 0 Å². The number of hydrogen-bond acceptors (Lipinski definition) is 7. The fourth-order valence-corrected chi connectivity index (χ4v) is 3.91. The molecule has 3 aromatic rings. The lowest BCUT2D eigenvalue weighted by molar-refractivity contribution is -0.274. The van der Waals surface area contributed by atoms with E-state index in [1.54, 1.807) is 6.07 Å². The van der Waals surface area contributed by atoms with Crippen molar-refractivity contribution in [3.05, 3.63) is 30.0 Å². The van der Waals surface area contributed by atoms with Crippen LogP contribution in [0, 0.1) is 0 Å². The molecule has 3 heterocycles. The molecule has 4 rings (SSSR count). The lowest BCUT2D eigenvalue weighted by Crippen LogP contribution is -2.30. The predicted molar refractivity (Wildman–Crippen MR) is 116 cm³/mol. The molecule has 2 aromatic heterocycles. The standard InChI is InChI=1S/C21H26F3N7O/c1-20(2,3)16-15-17(30-18(25)29-16)31(13-7-9-26-10-8-13)19(28-15)27-12-5-4-6-14(11-12)32-21(22,23)24/h4-6,11,13,26H,7-10H2,1-3H3,(H,27,28)(H2,25,29,30). The molecule has 172 valence electrons. The molecule has 0 atom stereocenters. The van der Waals surface area contributed by atoms with Crippen molar-refractivity contribution in [3.63, 3.8) is 0 Å². The molecule has 0 aliphatic carbocycles. The highest BCUT2D eigenvalue weighted by atomic mass is 19.4. The van der Waals surface area contributed by atoms with Crippen LogP contribution in [0.15, 0.2) is 24.3 Å². The Bertz CT molecular complexity index is 1120. The Hall–Kier alpha value is -3.08. The number of piperidine rings is 1. The van der Waals surface area contributed by atoms with E-state index in [0.29, 0.717) is 28.5 Å². The molecule has 1 aliphatic heterocycles. The van der Waals surface area contributed by atoms with Crippen molar-refractivity contribution >= 4 is 28.7 Å². The van der Waals surface area contributed by atoms with Crippen LogP contribution in [0.2, 0.25) is 0 Å². The first-order valence-corrected chi connectivity index (χ1v) is 10.4. The summed E-state index contributed by atoms with van der Waals surface area (Å²) in [6, 6.07) is 5.77. The quantitative estimate of drug-likeness (QED) is 0.546. The summed E-state index contributed by atoms with van der Waals surface area (Å²) in [5.74, 6) is 0.317. The van der Waals surface area contributed by atoms with Crippen LogP contribution in [0.4, 0.5) is 30.8 Å². The largest absolute Gasteiger partial charge is 0.573 e. The van der Waals surface area contributed by atoms with Gasteiger partial charge in [0.1, 0.15) is 11.3 Å². The van der Waals surface area contributed by atoms with Gasteiger partial charge in [0, 0.05) is 23.2 Å². The zero-order chi connectivity index (χ0) is 23.1. The molecule has 4 N–H and O–H groups in total. The monoisotopic (exact) mass is 449 g/mol. The number of benzene rings is 1. The summed E-state index contributed by atoms with van der Waals surface area (Å²) < 4.78 is 44.0. The fourth-order valence-electron chi connectivity index (χ4n) is 3.91. The molecule has 0 bridgehead atoms. The summed E-state index contributed by atoms with van der Waals surface area (Å²) in [5, 5.41) is 6.49. The average Bonchev–Trinajstić information content (AvgIpc) is 3.03. The lowest BCUT2D eigenvalue weighted by atomic mass is 9.91. The van der Waals surface area contributed by atoms with Crippen molar-refractivity contribution in [2.45, 2.75) is 51.4 Å². The van der Waals surface area contributed by atoms with E-state index in [1.807, 2.05) is 25.3 Å². The van der Waals surface area contributed by atoms with Crippen LogP contribution in [0.3, 0.4) is 0 Å². The van der Waals surface area contributed by atoms with Gasteiger partial charge in [-0.2, -0.15) is 4.98 Å². The second-order valence-corrected chi connectivity index (χ2v) is 8.84. The zero-order valence-electron chi connectivity index (χ0n) is 18.1. The maximum absolute atomic E-state index is 12.6. The van der Waals surface area contributed by atoms with E-state index in [9.17, 15) is 13.2 Å². The zero-order valence-corrected chi connectivity index (χ0v) is 18.1. The van der Waals surface area contributed by atoms with Gasteiger partial charge < -0.3 is 21.1 Å². The second-order valence-electron chi connectivity index (χ2n) is 8.84. The van der Waals surface area contributed by atoms with Gasteiger partial charge in [0.05, 0.1) is 5.69 Å². The number of hydrogen-bond donors (Lipinski definition) is 3. The minimum Gasteiger partial charge on any atom is -0.406 e. The molecule has 32 heavy (non-hydrogen) atoms. The SMILES string of the molecule is CC(C)(C)c1nc(N)nc2c1nc(Nc1cccc(OC(F)(F)F)c1)n2C1CCNCC1. The molecule has 1 saturated heterocycles. The van der Waals surface area contributed by atoms with E-state index >= 15 is 0 Å². The number of anilines is 3. The molecule has 0 amide bonds. The number of fused-ring (bicyclic) bond motifs is 1. The normalized spacial score (nSPS) is 15.8. The van der Waals surface area contributed by atoms with Crippen LogP contribution in [0.5, 0.6) is 5.75 Å². The van der Waals surface area contributed by atoms with Gasteiger partial charge in [-0.3, -0.25) is 4.57 Å². The van der Waals surface area contributed by atoms with Crippen LogP contribution in [0.25, 0.3) is 11.2 Å². The van der Waals surface area contributed by atoms with E-state index in [0.717, 1.165) is 25.9 Å². The van der Waals surface area contributed by atoms with Crippen LogP contribution >= 0.6 is 0 Å². The molecule has 11 heteroatoms. The predicted octanol–water partition coefficient (Wildman–Crippen LogP) is 4.27. The number of rotatable bonds is 4. The molecular formula is C21H26F3N7O. The van der Waals surface area contributed by atoms with E-state index in [1.165, 1.54) is 18.2 Å². The Morgan fingerprint density at radius 1 is 1.12 bits per heavy atom. The first-order chi connectivity index (χ1) is 15.0. The van der Waals surface area contributed by atoms with Crippen molar-refractivity contribution in [3.8, 4) is 5.75 Å². The third kappa shape index (κ3) is 4.72. The molecule has 0 saturated carbocycles. The Morgan fingerprint density at radius 2 is 1.84 bits per heavy atom. The van der Waals surface area contributed by atoms with E-state index in [2.05, 4.69) is 25.3 Å². The first-order valence-electron chi connectivity index (χ1n) is 10.4. The van der Waals surface area contributed by atoms with Crippen LogP contribution in [0.1, 0.15) is 45.3 Å². The third-order valence-corrected chi connectivity index (χ3v) is 5.26. The number of ether oxygens (including phenoxy) is 1. The van der Waals surface area contributed by atoms with Gasteiger partial charge >= 0.3 is 6.36 Å². The highest BCUT2D eigenvalue weighted by Crippen LogP contribution is 2.35. The molecule has 1 aliphatic rings. The van der Waals surface area contributed by atoms with Crippen molar-refractivity contribution < 1.29 is 17.9 Å². The second kappa shape index (κ2) is 8.12. The number of nitrogens with zero attached hydrogens (tertiary/aromatic N) is 4. The fraction of sp³-hybridized carbons (Fsp3) is 0.476. The van der Waals surface area contributed by atoms with Crippen molar-refractivity contribution in [1.82, 2.24) is 24.8 Å². The van der Waals surface area contributed by atoms with Gasteiger partial charge in [-0.05, 0) is 38.1 Å². The molecule has 8 nitrogen and oxygen atoms in total. The first kappa shape index (κ1) is 22.1. The molecular weight excluding hydrogens is 423 g/mol. The Balaban J connectivity index is 1.82. The summed E-state index contributed by atoms with van der Waals surface area (Å²) in [4.78, 5) is 13.7. The summed E-state index contributed by atoms with van der Waals surface area (Å²) in [6.07, 6.45) is -3.06. The average molecular weight is 449 g/mol. The Labute approximate surface area is 183 Å². The topological polar surface area (TPSA) is 103 Å². The highest BCUT2D eigenvalue weighted by molar-refractivity contribution is 5.80. The van der Waals surface area contributed by atoms with E-state index in [4.69, 9.17) is 10.7 Å². The highest BCUT2D eigenvalue weighted by Gasteiger charge is 2.31. The number of alkyl halides is 3. The maximum atomic E-state index is 12.6. The van der Waals surface area contributed by atoms with Gasteiger partial charge in [-0.1, -0.05) is 26.8 Å². The van der Waals surface area contributed by atoms with Gasteiger partial charge in [-0.15, -0.1) is 13.2 Å². The van der Waals surface area contributed by atoms with Crippen molar-refractivity contribution in [1.29, 1.82) is 0 Å². The van der Waals surface area contributed by atoms with Crippen LogP contribution in [-0.4, -0.2) is 39.0 Å². The smallest absolute Gasteiger partial charge is 0.406 e. The number of nitrogens with two attached hydrogens (primary N) is 1. The Morgan fingerprint density at radius 3 is 2.50 bits per heavy atom. The van der Waals surface area contributed by atoms with Gasteiger partial charge in [-0.25, -0.2) is 9.97 Å². The van der Waals surface area contributed by atoms with Gasteiger partial charge in [0.15, 0.2) is 5.65 Å². The molecule has 0 unspecified atom stereocenters. The maximum Gasteiger partial charge on any atom is 0.573 e. The molecule has 1 fully saturated rings. The number of nitrogens with one attached hydrogen (secondary N) is 2. The van der Waals surface area contributed by atoms with Crippen LogP contribution in [-0.2, 0) is 5.41 Å². The summed E-state index contributed by atoms with van der Waals surface area (Å²) in [7, 11) is 0. The van der Waals surface area contributed by atoms with E-state index < -0.39 is 6.36 Å². The molecule has 1 aromatic carbocycles. The number of nitrogen functional groups attached to an aromatic ring is 1. The Kier molecular flexibility index (Phi) is 5.61.